The van der Waals surface area contributed by atoms with Gasteiger partial charge in [-0.2, -0.15) is 0 Å². The van der Waals surface area contributed by atoms with Crippen molar-refractivity contribution in [1.82, 2.24) is 10.3 Å². The van der Waals surface area contributed by atoms with E-state index in [9.17, 15) is 4.39 Å². The largest absolute Gasteiger partial charge is 0.313 e. The van der Waals surface area contributed by atoms with Crippen molar-refractivity contribution in [2.24, 2.45) is 0 Å². The summed E-state index contributed by atoms with van der Waals surface area (Å²) in [7, 11) is 1.85. The molecule has 20 heavy (non-hydrogen) atoms. The number of hydrogen-bond acceptors (Lipinski definition) is 3. The molecule has 0 aliphatic rings. The monoisotopic (exact) mass is 286 g/mol. The van der Waals surface area contributed by atoms with E-state index in [0.717, 1.165) is 10.5 Å². The molecule has 0 spiro atoms. The first-order chi connectivity index (χ1) is 9.78. The van der Waals surface area contributed by atoms with E-state index in [-0.39, 0.29) is 11.9 Å². The first kappa shape index (κ1) is 13.2. The average molecular weight is 286 g/mol. The molecular formula is C16H15FN2S. The van der Waals surface area contributed by atoms with Crippen LogP contribution in [0.5, 0.6) is 0 Å². The Labute approximate surface area is 121 Å². The van der Waals surface area contributed by atoms with Crippen LogP contribution >= 0.6 is 11.3 Å². The summed E-state index contributed by atoms with van der Waals surface area (Å²) in [6.45, 7) is 0. The topological polar surface area (TPSA) is 24.9 Å². The van der Waals surface area contributed by atoms with E-state index in [2.05, 4.69) is 16.4 Å². The SMILES string of the molecule is CNC(Cc1nc2ccccc2s1)c1ccccc1F. The van der Waals surface area contributed by atoms with E-state index < -0.39 is 0 Å². The lowest BCUT2D eigenvalue weighted by Gasteiger charge is -2.15. The third-order valence-corrected chi connectivity index (χ3v) is 4.40. The van der Waals surface area contributed by atoms with Crippen LogP contribution < -0.4 is 5.32 Å². The minimum absolute atomic E-state index is 0.0586. The van der Waals surface area contributed by atoms with Crippen LogP contribution in [-0.4, -0.2) is 12.0 Å². The van der Waals surface area contributed by atoms with Gasteiger partial charge < -0.3 is 5.32 Å². The van der Waals surface area contributed by atoms with E-state index in [1.165, 1.54) is 10.8 Å². The van der Waals surface area contributed by atoms with Crippen LogP contribution in [0.4, 0.5) is 4.39 Å². The van der Waals surface area contributed by atoms with Gasteiger partial charge in [-0.05, 0) is 25.2 Å². The van der Waals surface area contributed by atoms with Crippen molar-refractivity contribution in [1.29, 1.82) is 0 Å². The fourth-order valence-corrected chi connectivity index (χ4v) is 3.32. The predicted molar refractivity (Wildman–Crippen MR) is 81.5 cm³/mol. The van der Waals surface area contributed by atoms with Crippen LogP contribution in [-0.2, 0) is 6.42 Å². The number of nitrogens with zero attached hydrogens (tertiary/aromatic N) is 1. The minimum atomic E-state index is -0.173. The van der Waals surface area contributed by atoms with Gasteiger partial charge in [0.05, 0.1) is 15.2 Å². The summed E-state index contributed by atoms with van der Waals surface area (Å²) in [5.41, 5.74) is 1.70. The molecule has 1 heterocycles. The number of para-hydroxylation sites is 1. The maximum atomic E-state index is 13.9. The van der Waals surface area contributed by atoms with Crippen molar-refractivity contribution in [3.63, 3.8) is 0 Å². The fraction of sp³-hybridized carbons (Fsp3) is 0.188. The zero-order valence-electron chi connectivity index (χ0n) is 11.1. The molecule has 0 bridgehead atoms. The molecule has 1 atom stereocenters. The Morgan fingerprint density at radius 1 is 1.15 bits per heavy atom. The Hall–Kier alpha value is -1.78. The van der Waals surface area contributed by atoms with Crippen LogP contribution in [0.3, 0.4) is 0 Å². The molecule has 3 aromatic rings. The molecule has 0 aliphatic carbocycles. The molecule has 0 saturated heterocycles. The quantitative estimate of drug-likeness (QED) is 0.786. The van der Waals surface area contributed by atoms with Gasteiger partial charge in [0.15, 0.2) is 0 Å². The number of hydrogen-bond donors (Lipinski definition) is 1. The maximum Gasteiger partial charge on any atom is 0.127 e. The predicted octanol–water partition coefficient (Wildman–Crippen LogP) is 3.94. The van der Waals surface area contributed by atoms with Crippen LogP contribution in [0.25, 0.3) is 10.2 Å². The average Bonchev–Trinajstić information content (AvgIpc) is 2.88. The molecule has 3 rings (SSSR count). The lowest BCUT2D eigenvalue weighted by atomic mass is 10.0. The van der Waals surface area contributed by atoms with Gasteiger partial charge in [0.25, 0.3) is 0 Å². The first-order valence-corrected chi connectivity index (χ1v) is 7.35. The lowest BCUT2D eigenvalue weighted by Crippen LogP contribution is -2.19. The first-order valence-electron chi connectivity index (χ1n) is 6.54. The van der Waals surface area contributed by atoms with Gasteiger partial charge in [0.1, 0.15) is 5.82 Å². The molecule has 4 heteroatoms. The van der Waals surface area contributed by atoms with Gasteiger partial charge in [-0.25, -0.2) is 9.37 Å². The Morgan fingerprint density at radius 2 is 1.90 bits per heavy atom. The second-order valence-corrected chi connectivity index (χ2v) is 5.76. The van der Waals surface area contributed by atoms with Crippen LogP contribution in [0, 0.1) is 5.82 Å². The molecule has 1 N–H and O–H groups in total. The number of halogens is 1. The zero-order valence-corrected chi connectivity index (χ0v) is 12.0. The molecule has 2 nitrogen and oxygen atoms in total. The summed E-state index contributed by atoms with van der Waals surface area (Å²) >= 11 is 1.67. The zero-order chi connectivity index (χ0) is 13.9. The summed E-state index contributed by atoms with van der Waals surface area (Å²) in [5, 5.41) is 4.20. The van der Waals surface area contributed by atoms with E-state index in [1.807, 2.05) is 37.4 Å². The van der Waals surface area contributed by atoms with E-state index in [1.54, 1.807) is 17.4 Å². The lowest BCUT2D eigenvalue weighted by molar-refractivity contribution is 0.533. The number of benzene rings is 2. The smallest absolute Gasteiger partial charge is 0.127 e. The molecule has 1 aromatic heterocycles. The molecule has 0 radical (unpaired) electrons. The minimum Gasteiger partial charge on any atom is -0.313 e. The molecule has 0 fully saturated rings. The van der Waals surface area contributed by atoms with Gasteiger partial charge >= 0.3 is 0 Å². The molecule has 0 saturated carbocycles. The summed E-state index contributed by atoms with van der Waals surface area (Å²) in [4.78, 5) is 4.61. The van der Waals surface area contributed by atoms with Crippen LogP contribution in [0.15, 0.2) is 48.5 Å². The molecule has 2 aromatic carbocycles. The standard InChI is InChI=1S/C16H15FN2S/c1-18-14(11-6-2-3-7-12(11)17)10-16-19-13-8-4-5-9-15(13)20-16/h2-9,14,18H,10H2,1H3. The Bertz CT molecular complexity index is 690. The summed E-state index contributed by atoms with van der Waals surface area (Å²) < 4.78 is 15.0. The third-order valence-electron chi connectivity index (χ3n) is 3.35. The van der Waals surface area contributed by atoms with Gasteiger partial charge in [-0.1, -0.05) is 30.3 Å². The Kier molecular flexibility index (Phi) is 3.76. The Morgan fingerprint density at radius 3 is 2.65 bits per heavy atom. The number of aromatic nitrogens is 1. The van der Waals surface area contributed by atoms with Crippen molar-refractivity contribution in [3.8, 4) is 0 Å². The number of likely N-dealkylation sites (N-methyl/N-ethyl adjacent to an activating group) is 1. The highest BCUT2D eigenvalue weighted by atomic mass is 32.1. The summed E-state index contributed by atoms with van der Waals surface area (Å²) in [6.07, 6.45) is 0.691. The summed E-state index contributed by atoms with van der Waals surface area (Å²) in [5.74, 6) is -0.173. The van der Waals surface area contributed by atoms with Gasteiger partial charge in [-0.3, -0.25) is 0 Å². The van der Waals surface area contributed by atoms with E-state index in [0.29, 0.717) is 12.0 Å². The van der Waals surface area contributed by atoms with E-state index >= 15 is 0 Å². The highest BCUT2D eigenvalue weighted by molar-refractivity contribution is 7.18. The highest BCUT2D eigenvalue weighted by Crippen LogP contribution is 2.26. The number of fused-ring (bicyclic) bond motifs is 1. The van der Waals surface area contributed by atoms with Gasteiger partial charge in [0.2, 0.25) is 0 Å². The second-order valence-electron chi connectivity index (χ2n) is 4.64. The fourth-order valence-electron chi connectivity index (χ4n) is 2.31. The van der Waals surface area contributed by atoms with Crippen molar-refractivity contribution in [2.45, 2.75) is 12.5 Å². The van der Waals surface area contributed by atoms with Crippen LogP contribution in [0.2, 0.25) is 0 Å². The number of rotatable bonds is 4. The molecule has 102 valence electrons. The number of nitrogens with one attached hydrogen (secondary N) is 1. The molecule has 0 amide bonds. The van der Waals surface area contributed by atoms with Crippen molar-refractivity contribution in [2.75, 3.05) is 7.05 Å². The maximum absolute atomic E-state index is 13.9. The normalized spacial score (nSPS) is 12.7. The molecular weight excluding hydrogens is 271 g/mol. The van der Waals surface area contributed by atoms with Gasteiger partial charge in [-0.15, -0.1) is 11.3 Å². The molecule has 0 aliphatic heterocycles. The van der Waals surface area contributed by atoms with E-state index in [4.69, 9.17) is 0 Å². The summed E-state index contributed by atoms with van der Waals surface area (Å²) in [6, 6.07) is 14.9. The van der Waals surface area contributed by atoms with Crippen molar-refractivity contribution < 1.29 is 4.39 Å². The van der Waals surface area contributed by atoms with Crippen molar-refractivity contribution >= 4 is 21.6 Å². The van der Waals surface area contributed by atoms with Crippen LogP contribution in [0.1, 0.15) is 16.6 Å². The molecule has 1 unspecified atom stereocenters. The second kappa shape index (κ2) is 5.69. The highest BCUT2D eigenvalue weighted by Gasteiger charge is 2.16. The Balaban J connectivity index is 1.90. The van der Waals surface area contributed by atoms with Gasteiger partial charge in [0, 0.05) is 18.0 Å². The number of thiazole rings is 1. The third kappa shape index (κ3) is 2.57. The van der Waals surface area contributed by atoms with Crippen molar-refractivity contribution in [3.05, 3.63) is 64.9 Å².